The van der Waals surface area contributed by atoms with E-state index in [0.717, 1.165) is 6.26 Å². The molecule has 0 aliphatic rings. The van der Waals surface area contributed by atoms with Crippen molar-refractivity contribution in [2.45, 2.75) is 24.7 Å². The summed E-state index contributed by atoms with van der Waals surface area (Å²) in [6, 6.07) is 13.8. The third-order valence-corrected chi connectivity index (χ3v) is 6.07. The van der Waals surface area contributed by atoms with Crippen molar-refractivity contribution in [3.05, 3.63) is 71.7 Å². The van der Waals surface area contributed by atoms with Gasteiger partial charge in [0.1, 0.15) is 18.0 Å². The fraction of sp³-hybridized carbons (Fsp3) is 0.217. The highest BCUT2D eigenvalue weighted by molar-refractivity contribution is 7.90. The van der Waals surface area contributed by atoms with E-state index in [0.29, 0.717) is 34.5 Å². The number of aldehydes is 1. The molecule has 3 aromatic rings. The Morgan fingerprint density at radius 1 is 1.16 bits per heavy atom. The molecule has 0 fully saturated rings. The lowest BCUT2D eigenvalue weighted by atomic mass is 10.0. The normalized spacial score (nSPS) is 12.4. The number of aromatic nitrogens is 1. The van der Waals surface area contributed by atoms with Crippen LogP contribution < -0.4 is 0 Å². The Hall–Kier alpha value is -3.26. The zero-order chi connectivity index (χ0) is 22.8. The van der Waals surface area contributed by atoms with Crippen molar-refractivity contribution in [2.24, 2.45) is 0 Å². The standard InChI is InChI=1S/C23H22FNO5S/c1-4-30-23(27)21(14-26)20-13-22(16-8-10-19(11-9-16)31(3,28)29)25(15(20)2)18-7-5-6-17(24)12-18/h5-14,21H,4H2,1-3H3. The molecule has 0 spiro atoms. The Balaban J connectivity index is 2.24. The van der Waals surface area contributed by atoms with E-state index >= 15 is 0 Å². The number of sulfone groups is 1. The molecule has 0 amide bonds. The number of carbonyl (C=O) groups is 2. The fourth-order valence-corrected chi connectivity index (χ4v) is 4.09. The molecule has 1 heterocycles. The highest BCUT2D eigenvalue weighted by Gasteiger charge is 2.27. The lowest BCUT2D eigenvalue weighted by molar-refractivity contribution is -0.146. The van der Waals surface area contributed by atoms with Crippen LogP contribution in [0, 0.1) is 12.7 Å². The minimum absolute atomic E-state index is 0.132. The maximum absolute atomic E-state index is 14.0. The molecule has 162 valence electrons. The number of hydrogen-bond donors (Lipinski definition) is 0. The molecule has 0 radical (unpaired) electrons. The Labute approximate surface area is 180 Å². The molecule has 8 heteroatoms. The third-order valence-electron chi connectivity index (χ3n) is 4.94. The lowest BCUT2D eigenvalue weighted by Crippen LogP contribution is -2.17. The molecule has 0 aliphatic heterocycles. The Bertz CT molecular complexity index is 1230. The van der Waals surface area contributed by atoms with E-state index in [2.05, 4.69) is 0 Å². The average molecular weight is 443 g/mol. The number of hydrogen-bond acceptors (Lipinski definition) is 5. The Morgan fingerprint density at radius 2 is 1.84 bits per heavy atom. The van der Waals surface area contributed by atoms with Crippen molar-refractivity contribution in [3.8, 4) is 16.9 Å². The molecule has 1 unspecified atom stereocenters. The van der Waals surface area contributed by atoms with Gasteiger partial charge in [-0.25, -0.2) is 12.8 Å². The summed E-state index contributed by atoms with van der Waals surface area (Å²) in [5, 5.41) is 0. The molecule has 0 N–H and O–H groups in total. The quantitative estimate of drug-likeness (QED) is 0.315. The molecule has 31 heavy (non-hydrogen) atoms. The van der Waals surface area contributed by atoms with E-state index < -0.39 is 27.5 Å². The van der Waals surface area contributed by atoms with Gasteiger partial charge in [-0.1, -0.05) is 18.2 Å². The average Bonchev–Trinajstić information content (AvgIpc) is 3.05. The van der Waals surface area contributed by atoms with Crippen molar-refractivity contribution >= 4 is 22.1 Å². The molecule has 0 saturated heterocycles. The predicted octanol–water partition coefficient (Wildman–Crippen LogP) is 3.84. The molecule has 0 aliphatic carbocycles. The van der Waals surface area contributed by atoms with Gasteiger partial charge in [-0.05, 0) is 61.4 Å². The van der Waals surface area contributed by atoms with Crippen molar-refractivity contribution in [2.75, 3.05) is 12.9 Å². The fourth-order valence-electron chi connectivity index (χ4n) is 3.46. The summed E-state index contributed by atoms with van der Waals surface area (Å²) in [4.78, 5) is 24.2. The zero-order valence-corrected chi connectivity index (χ0v) is 18.1. The number of ether oxygens (including phenoxy) is 1. The summed E-state index contributed by atoms with van der Waals surface area (Å²) in [5.41, 5.74) is 2.71. The van der Waals surface area contributed by atoms with Gasteiger partial charge in [0.05, 0.1) is 17.2 Å². The van der Waals surface area contributed by atoms with Crippen LogP contribution in [0.4, 0.5) is 4.39 Å². The van der Waals surface area contributed by atoms with Gasteiger partial charge in [0.25, 0.3) is 0 Å². The van der Waals surface area contributed by atoms with Crippen LogP contribution in [0.15, 0.2) is 59.5 Å². The lowest BCUT2D eigenvalue weighted by Gasteiger charge is -2.14. The number of carbonyl (C=O) groups excluding carboxylic acids is 2. The summed E-state index contributed by atoms with van der Waals surface area (Å²) in [7, 11) is -3.37. The van der Waals surface area contributed by atoms with Crippen LogP contribution in [0.25, 0.3) is 16.9 Å². The van der Waals surface area contributed by atoms with E-state index in [1.54, 1.807) is 48.7 Å². The van der Waals surface area contributed by atoms with Crippen molar-refractivity contribution in [1.29, 1.82) is 0 Å². The second-order valence-electron chi connectivity index (χ2n) is 7.05. The number of nitrogens with zero attached hydrogens (tertiary/aromatic N) is 1. The second kappa shape index (κ2) is 8.85. The highest BCUT2D eigenvalue weighted by atomic mass is 32.2. The van der Waals surface area contributed by atoms with E-state index in [1.807, 2.05) is 0 Å². The van der Waals surface area contributed by atoms with Crippen LogP contribution in [0.3, 0.4) is 0 Å². The Kier molecular flexibility index (Phi) is 6.40. The SMILES string of the molecule is CCOC(=O)C(C=O)c1cc(-c2ccc(S(C)(=O)=O)cc2)n(-c2cccc(F)c2)c1C. The molecular weight excluding hydrogens is 421 g/mol. The van der Waals surface area contributed by atoms with E-state index in [1.165, 1.54) is 24.3 Å². The third kappa shape index (κ3) is 4.59. The number of rotatable bonds is 7. The maximum atomic E-state index is 14.0. The first-order valence-electron chi connectivity index (χ1n) is 9.58. The van der Waals surface area contributed by atoms with Gasteiger partial charge >= 0.3 is 5.97 Å². The Morgan fingerprint density at radius 3 is 2.39 bits per heavy atom. The first-order chi connectivity index (χ1) is 14.7. The van der Waals surface area contributed by atoms with Crippen LogP contribution in [-0.2, 0) is 24.2 Å². The van der Waals surface area contributed by atoms with Gasteiger partial charge in [-0.2, -0.15) is 0 Å². The summed E-state index contributed by atoms with van der Waals surface area (Å²) >= 11 is 0. The van der Waals surface area contributed by atoms with Crippen LogP contribution in [0.5, 0.6) is 0 Å². The van der Waals surface area contributed by atoms with Crippen molar-refractivity contribution < 1.29 is 27.1 Å². The summed E-state index contributed by atoms with van der Waals surface area (Å²) in [6.07, 6.45) is 1.64. The minimum atomic E-state index is -3.37. The molecule has 0 saturated carbocycles. The van der Waals surface area contributed by atoms with E-state index in [4.69, 9.17) is 4.74 Å². The number of esters is 1. The van der Waals surface area contributed by atoms with Gasteiger partial charge < -0.3 is 14.1 Å². The first kappa shape index (κ1) is 22.4. The molecule has 1 atom stereocenters. The molecule has 6 nitrogen and oxygen atoms in total. The molecule has 3 rings (SSSR count). The zero-order valence-electron chi connectivity index (χ0n) is 17.3. The molecule has 1 aromatic heterocycles. The van der Waals surface area contributed by atoms with Crippen LogP contribution in [0.2, 0.25) is 0 Å². The number of halogens is 1. The molecule has 0 bridgehead atoms. The number of benzene rings is 2. The van der Waals surface area contributed by atoms with Gasteiger partial charge in [0, 0.05) is 17.6 Å². The summed E-state index contributed by atoms with van der Waals surface area (Å²) in [6.45, 7) is 3.51. The van der Waals surface area contributed by atoms with Crippen LogP contribution >= 0.6 is 0 Å². The van der Waals surface area contributed by atoms with E-state index in [-0.39, 0.29) is 11.5 Å². The van der Waals surface area contributed by atoms with Gasteiger partial charge in [0.2, 0.25) is 0 Å². The van der Waals surface area contributed by atoms with Gasteiger partial charge in [-0.15, -0.1) is 0 Å². The van der Waals surface area contributed by atoms with Gasteiger partial charge in [0.15, 0.2) is 9.84 Å². The second-order valence-corrected chi connectivity index (χ2v) is 9.06. The van der Waals surface area contributed by atoms with Crippen LogP contribution in [-0.4, -0.2) is 38.1 Å². The van der Waals surface area contributed by atoms with Gasteiger partial charge in [-0.3, -0.25) is 4.79 Å². The largest absolute Gasteiger partial charge is 0.465 e. The molecule has 2 aromatic carbocycles. The van der Waals surface area contributed by atoms with Crippen molar-refractivity contribution in [1.82, 2.24) is 4.57 Å². The first-order valence-corrected chi connectivity index (χ1v) is 11.5. The monoisotopic (exact) mass is 443 g/mol. The smallest absolute Gasteiger partial charge is 0.320 e. The minimum Gasteiger partial charge on any atom is -0.465 e. The van der Waals surface area contributed by atoms with E-state index in [9.17, 15) is 22.4 Å². The summed E-state index contributed by atoms with van der Waals surface area (Å²) in [5.74, 6) is -2.25. The molecular formula is C23H22FNO5S. The van der Waals surface area contributed by atoms with Crippen LogP contribution in [0.1, 0.15) is 24.1 Å². The predicted molar refractivity (Wildman–Crippen MR) is 114 cm³/mol. The van der Waals surface area contributed by atoms with Crippen molar-refractivity contribution in [3.63, 3.8) is 0 Å². The topological polar surface area (TPSA) is 82.4 Å². The summed E-state index contributed by atoms with van der Waals surface area (Å²) < 4.78 is 44.3. The maximum Gasteiger partial charge on any atom is 0.320 e. The highest BCUT2D eigenvalue weighted by Crippen LogP contribution is 2.33.